The van der Waals surface area contributed by atoms with Crippen LogP contribution in [0.15, 0.2) is 11.2 Å². The smallest absolute Gasteiger partial charge is 0.416 e. The molecule has 9 nitrogen and oxygen atoms in total. The molecule has 3 heterocycles. The van der Waals surface area contributed by atoms with E-state index in [4.69, 9.17) is 14.5 Å². The molecule has 1 aromatic heterocycles. The van der Waals surface area contributed by atoms with Crippen LogP contribution >= 0.6 is 0 Å². The van der Waals surface area contributed by atoms with Gasteiger partial charge in [-0.1, -0.05) is 0 Å². The Morgan fingerprint density at radius 3 is 2.36 bits per heavy atom. The van der Waals surface area contributed by atoms with Crippen LogP contribution in [0.4, 0.5) is 15.4 Å². The van der Waals surface area contributed by atoms with Crippen molar-refractivity contribution in [2.45, 2.75) is 84.5 Å². The monoisotopic (exact) mass is 459 g/mol. The zero-order valence-electron chi connectivity index (χ0n) is 21.1. The van der Waals surface area contributed by atoms with Gasteiger partial charge in [-0.05, 0) is 79.4 Å². The summed E-state index contributed by atoms with van der Waals surface area (Å²) >= 11 is 0. The quantitative estimate of drug-likeness (QED) is 0.530. The van der Waals surface area contributed by atoms with Crippen molar-refractivity contribution in [2.24, 2.45) is 5.10 Å². The Labute approximate surface area is 196 Å². The van der Waals surface area contributed by atoms with Crippen LogP contribution in [0.1, 0.15) is 71.2 Å². The van der Waals surface area contributed by atoms with Crippen LogP contribution in [0.5, 0.6) is 0 Å². The van der Waals surface area contributed by atoms with Crippen molar-refractivity contribution in [1.82, 2.24) is 15.3 Å². The summed E-state index contributed by atoms with van der Waals surface area (Å²) in [6.07, 6.45) is 2.99. The van der Waals surface area contributed by atoms with Crippen molar-refractivity contribution in [3.63, 3.8) is 0 Å². The van der Waals surface area contributed by atoms with Crippen molar-refractivity contribution >= 4 is 24.2 Å². The number of likely N-dealkylation sites (tertiary alicyclic amines) is 1. The molecule has 0 aliphatic carbocycles. The summed E-state index contributed by atoms with van der Waals surface area (Å²) in [7, 11) is 1.74. The van der Waals surface area contributed by atoms with E-state index in [1.54, 1.807) is 23.1 Å². The Hall–Kier alpha value is -2.84. The zero-order chi connectivity index (χ0) is 24.6. The lowest BCUT2D eigenvalue weighted by Crippen LogP contribution is -2.58. The molecular formula is C24H37N5O4. The van der Waals surface area contributed by atoms with Crippen LogP contribution in [0.3, 0.4) is 0 Å². The number of anilines is 1. The van der Waals surface area contributed by atoms with E-state index in [0.717, 1.165) is 23.2 Å². The molecule has 2 aliphatic rings. The van der Waals surface area contributed by atoms with Gasteiger partial charge in [0.2, 0.25) is 0 Å². The SMILES string of the molecule is CN/N=C/c1cc2c(nc1C)N(C(=O)OC(C)(C)C)C1(CC2)CCN(C(=O)OC(C)(C)C)C1. The van der Waals surface area contributed by atoms with E-state index >= 15 is 0 Å². The number of rotatable bonds is 2. The second kappa shape index (κ2) is 8.83. The summed E-state index contributed by atoms with van der Waals surface area (Å²) in [4.78, 5) is 34.5. The van der Waals surface area contributed by atoms with Gasteiger partial charge in [-0.3, -0.25) is 4.90 Å². The maximum absolute atomic E-state index is 13.5. The Morgan fingerprint density at radius 1 is 1.12 bits per heavy atom. The van der Waals surface area contributed by atoms with E-state index in [2.05, 4.69) is 10.5 Å². The zero-order valence-corrected chi connectivity index (χ0v) is 21.1. The molecule has 182 valence electrons. The highest BCUT2D eigenvalue weighted by Gasteiger charge is 2.52. The predicted molar refractivity (Wildman–Crippen MR) is 128 cm³/mol. The lowest BCUT2D eigenvalue weighted by molar-refractivity contribution is 0.0272. The molecule has 0 aromatic carbocycles. The van der Waals surface area contributed by atoms with Crippen molar-refractivity contribution in [3.8, 4) is 0 Å². The van der Waals surface area contributed by atoms with Crippen molar-refractivity contribution in [3.05, 3.63) is 22.9 Å². The first-order valence-corrected chi connectivity index (χ1v) is 11.5. The van der Waals surface area contributed by atoms with Gasteiger partial charge >= 0.3 is 12.2 Å². The molecule has 1 fully saturated rings. The number of aromatic nitrogens is 1. The van der Waals surface area contributed by atoms with Gasteiger partial charge < -0.3 is 19.8 Å². The number of hydrazone groups is 1. The number of ether oxygens (including phenoxy) is 2. The number of amides is 2. The van der Waals surface area contributed by atoms with Crippen molar-refractivity contribution in [1.29, 1.82) is 0 Å². The number of carbonyl (C=O) groups excluding carboxylic acids is 2. The lowest BCUT2D eigenvalue weighted by Gasteiger charge is -2.44. The van der Waals surface area contributed by atoms with Gasteiger partial charge in [-0.15, -0.1) is 0 Å². The van der Waals surface area contributed by atoms with Crippen molar-refractivity contribution in [2.75, 3.05) is 25.0 Å². The molecule has 1 N–H and O–H groups in total. The van der Waals surface area contributed by atoms with Crippen LogP contribution in [0, 0.1) is 6.92 Å². The minimum Gasteiger partial charge on any atom is -0.444 e. The summed E-state index contributed by atoms with van der Waals surface area (Å²) < 4.78 is 11.4. The van der Waals surface area contributed by atoms with Crippen molar-refractivity contribution < 1.29 is 19.1 Å². The summed E-state index contributed by atoms with van der Waals surface area (Å²) in [6, 6.07) is 2.03. The Balaban J connectivity index is 2.00. The molecule has 1 saturated heterocycles. The summed E-state index contributed by atoms with van der Waals surface area (Å²) in [6.45, 7) is 13.9. The molecule has 0 bridgehead atoms. The van der Waals surface area contributed by atoms with Crippen LogP contribution in [-0.2, 0) is 15.9 Å². The fraction of sp³-hybridized carbons (Fsp3) is 0.667. The molecule has 33 heavy (non-hydrogen) atoms. The molecule has 1 unspecified atom stereocenters. The number of nitrogens with one attached hydrogen (secondary N) is 1. The molecule has 3 rings (SSSR count). The fourth-order valence-corrected chi connectivity index (χ4v) is 4.31. The number of pyridine rings is 1. The lowest BCUT2D eigenvalue weighted by atomic mass is 9.84. The van der Waals surface area contributed by atoms with Gasteiger partial charge in [0.15, 0.2) is 0 Å². The first-order valence-electron chi connectivity index (χ1n) is 11.5. The molecule has 1 atom stereocenters. The number of carbonyl (C=O) groups is 2. The van der Waals surface area contributed by atoms with Gasteiger partial charge in [0, 0.05) is 31.4 Å². The topological polar surface area (TPSA) is 96.4 Å². The van der Waals surface area contributed by atoms with E-state index < -0.39 is 22.8 Å². The average molecular weight is 460 g/mol. The molecule has 1 aromatic rings. The average Bonchev–Trinajstić information content (AvgIpc) is 3.08. The van der Waals surface area contributed by atoms with E-state index in [0.29, 0.717) is 31.7 Å². The van der Waals surface area contributed by atoms with Gasteiger partial charge in [0.05, 0.1) is 11.8 Å². The first kappa shape index (κ1) is 24.8. The standard InChI is InChI=1S/C24H37N5O4/c1-16-18(14-26-25-8)13-17-9-10-24(11-12-28(15-24)20(30)32-22(2,3)4)29(19(17)27-16)21(31)33-23(5,6)7/h13-14,25H,9-12,15H2,1-8H3/b26-14+. The summed E-state index contributed by atoms with van der Waals surface area (Å²) in [5.74, 6) is 0.598. The molecule has 2 aliphatic heterocycles. The third-order valence-electron chi connectivity index (χ3n) is 5.75. The Morgan fingerprint density at radius 2 is 1.76 bits per heavy atom. The maximum atomic E-state index is 13.5. The number of hydrogen-bond acceptors (Lipinski definition) is 7. The highest BCUT2D eigenvalue weighted by Crippen LogP contribution is 2.43. The highest BCUT2D eigenvalue weighted by molar-refractivity contribution is 5.92. The van der Waals surface area contributed by atoms with Gasteiger partial charge in [0.25, 0.3) is 0 Å². The summed E-state index contributed by atoms with van der Waals surface area (Å²) in [5.41, 5.74) is 3.54. The normalized spacial score (nSPS) is 20.8. The maximum Gasteiger partial charge on any atom is 0.416 e. The second-order valence-corrected chi connectivity index (χ2v) is 10.8. The minimum absolute atomic E-state index is 0.364. The largest absolute Gasteiger partial charge is 0.444 e. The molecule has 2 amide bonds. The third-order valence-corrected chi connectivity index (χ3v) is 5.75. The van der Waals surface area contributed by atoms with Crippen LogP contribution < -0.4 is 10.3 Å². The van der Waals surface area contributed by atoms with Crippen LogP contribution in [-0.4, -0.2) is 65.2 Å². The predicted octanol–water partition coefficient (Wildman–Crippen LogP) is 4.01. The number of aryl methyl sites for hydroxylation is 2. The Bertz CT molecular complexity index is 947. The number of fused-ring (bicyclic) bond motifs is 1. The van der Waals surface area contributed by atoms with E-state index in [1.165, 1.54) is 0 Å². The second-order valence-electron chi connectivity index (χ2n) is 10.8. The van der Waals surface area contributed by atoms with E-state index in [-0.39, 0.29) is 6.09 Å². The summed E-state index contributed by atoms with van der Waals surface area (Å²) in [5, 5.41) is 4.11. The van der Waals surface area contributed by atoms with Crippen LogP contribution in [0.2, 0.25) is 0 Å². The van der Waals surface area contributed by atoms with Gasteiger partial charge in [-0.25, -0.2) is 14.6 Å². The van der Waals surface area contributed by atoms with Crippen LogP contribution in [0.25, 0.3) is 0 Å². The highest BCUT2D eigenvalue weighted by atomic mass is 16.6. The third kappa shape index (κ3) is 5.57. The minimum atomic E-state index is -0.659. The molecule has 9 heteroatoms. The van der Waals surface area contributed by atoms with E-state index in [9.17, 15) is 9.59 Å². The molecular weight excluding hydrogens is 422 g/mol. The molecule has 0 radical (unpaired) electrons. The number of nitrogens with zero attached hydrogens (tertiary/aromatic N) is 4. The fourth-order valence-electron chi connectivity index (χ4n) is 4.31. The molecule has 1 spiro atoms. The Kier molecular flexibility index (Phi) is 6.64. The van der Waals surface area contributed by atoms with Gasteiger partial charge in [0.1, 0.15) is 17.0 Å². The van der Waals surface area contributed by atoms with Gasteiger partial charge in [-0.2, -0.15) is 5.10 Å². The molecule has 0 saturated carbocycles. The van der Waals surface area contributed by atoms with E-state index in [1.807, 2.05) is 54.5 Å². The number of hydrogen-bond donors (Lipinski definition) is 1. The first-order chi connectivity index (χ1) is 15.2.